The minimum atomic E-state index is -1.93. The van der Waals surface area contributed by atoms with Crippen molar-refractivity contribution < 1.29 is 14.0 Å². The van der Waals surface area contributed by atoms with Gasteiger partial charge in [0.1, 0.15) is 5.75 Å². The van der Waals surface area contributed by atoms with E-state index in [4.69, 9.17) is 9.16 Å². The molecule has 0 radical (unpaired) electrons. The highest BCUT2D eigenvalue weighted by atomic mass is 28.4. The molecule has 0 bridgehead atoms. The third-order valence-electron chi connectivity index (χ3n) is 4.37. The van der Waals surface area contributed by atoms with Crippen LogP contribution in [0.1, 0.15) is 27.7 Å². The molecule has 5 heteroatoms. The summed E-state index contributed by atoms with van der Waals surface area (Å²) in [5, 5.41) is 2.99. The second kappa shape index (κ2) is 5.46. The number of anilines is 1. The average molecular weight is 307 g/mol. The SMILES string of the molecule is CC(O[Si](C)(C)C(C)(C)C)C1Oc2ccccc2NC1=O. The second-order valence-electron chi connectivity index (χ2n) is 7.11. The largest absolute Gasteiger partial charge is 0.476 e. The Morgan fingerprint density at radius 3 is 2.52 bits per heavy atom. The van der Waals surface area contributed by atoms with Gasteiger partial charge in [-0.05, 0) is 37.2 Å². The Bertz CT molecular complexity index is 537. The molecule has 0 saturated carbocycles. The van der Waals surface area contributed by atoms with Crippen LogP contribution in [-0.2, 0) is 9.22 Å². The van der Waals surface area contributed by atoms with Crippen LogP contribution in [0.5, 0.6) is 5.75 Å². The van der Waals surface area contributed by atoms with E-state index < -0.39 is 14.4 Å². The fraction of sp³-hybridized carbons (Fsp3) is 0.562. The zero-order valence-electron chi connectivity index (χ0n) is 13.7. The van der Waals surface area contributed by atoms with Crippen LogP contribution in [0.4, 0.5) is 5.69 Å². The molecular formula is C16H25NO3Si. The first-order valence-corrected chi connectivity index (χ1v) is 10.3. The van der Waals surface area contributed by atoms with E-state index >= 15 is 0 Å². The van der Waals surface area contributed by atoms with Gasteiger partial charge in [0, 0.05) is 0 Å². The summed E-state index contributed by atoms with van der Waals surface area (Å²) in [5.41, 5.74) is 0.721. The molecule has 21 heavy (non-hydrogen) atoms. The van der Waals surface area contributed by atoms with Gasteiger partial charge in [0.2, 0.25) is 6.10 Å². The maximum atomic E-state index is 12.2. The van der Waals surface area contributed by atoms with Crippen LogP contribution in [0.25, 0.3) is 0 Å². The number of carbonyl (C=O) groups is 1. The van der Waals surface area contributed by atoms with Gasteiger partial charge in [-0.15, -0.1) is 0 Å². The highest BCUT2D eigenvalue weighted by molar-refractivity contribution is 6.74. The normalized spacial score (nSPS) is 20.3. The third kappa shape index (κ3) is 3.30. The van der Waals surface area contributed by atoms with Crippen molar-refractivity contribution >= 4 is 19.9 Å². The van der Waals surface area contributed by atoms with Crippen LogP contribution in [0.2, 0.25) is 18.1 Å². The van der Waals surface area contributed by atoms with Crippen molar-refractivity contribution in [2.45, 2.75) is 58.0 Å². The van der Waals surface area contributed by atoms with Crippen LogP contribution in [0.3, 0.4) is 0 Å². The van der Waals surface area contributed by atoms with Crippen LogP contribution < -0.4 is 10.1 Å². The van der Waals surface area contributed by atoms with Crippen molar-refractivity contribution in [3.8, 4) is 5.75 Å². The average Bonchev–Trinajstić information content (AvgIpc) is 2.35. The smallest absolute Gasteiger partial charge is 0.268 e. The number of carbonyl (C=O) groups excluding carboxylic acids is 1. The molecule has 1 amide bonds. The molecule has 0 aliphatic carbocycles. The molecule has 0 aromatic heterocycles. The lowest BCUT2D eigenvalue weighted by atomic mass is 10.1. The van der Waals surface area contributed by atoms with E-state index in [1.54, 1.807) is 0 Å². The molecule has 2 rings (SSSR count). The molecular weight excluding hydrogens is 282 g/mol. The monoisotopic (exact) mass is 307 g/mol. The first kappa shape index (κ1) is 16.0. The van der Waals surface area contributed by atoms with Crippen LogP contribution in [0, 0.1) is 0 Å². The summed E-state index contributed by atoms with van der Waals surface area (Å²) < 4.78 is 12.1. The van der Waals surface area contributed by atoms with Crippen LogP contribution in [0.15, 0.2) is 24.3 Å². The lowest BCUT2D eigenvalue weighted by Gasteiger charge is -2.40. The Kier molecular flexibility index (Phi) is 4.17. The number of benzene rings is 1. The number of fused-ring (bicyclic) bond motifs is 1. The number of hydrogen-bond acceptors (Lipinski definition) is 3. The van der Waals surface area contributed by atoms with Gasteiger partial charge in [-0.25, -0.2) is 0 Å². The van der Waals surface area contributed by atoms with Crippen molar-refractivity contribution in [2.24, 2.45) is 0 Å². The van der Waals surface area contributed by atoms with Gasteiger partial charge < -0.3 is 14.5 Å². The van der Waals surface area contributed by atoms with Gasteiger partial charge in [-0.3, -0.25) is 4.79 Å². The van der Waals surface area contributed by atoms with Crippen molar-refractivity contribution in [3.63, 3.8) is 0 Å². The van der Waals surface area contributed by atoms with E-state index in [1.807, 2.05) is 31.2 Å². The Labute approximate surface area is 128 Å². The van der Waals surface area contributed by atoms with Crippen molar-refractivity contribution in [1.29, 1.82) is 0 Å². The van der Waals surface area contributed by atoms with Crippen LogP contribution in [-0.4, -0.2) is 26.4 Å². The molecule has 2 atom stereocenters. The summed E-state index contributed by atoms with van der Waals surface area (Å²) in [6.07, 6.45) is -0.881. The molecule has 1 heterocycles. The number of amides is 1. The number of nitrogens with one attached hydrogen (secondary N) is 1. The van der Waals surface area contributed by atoms with Gasteiger partial charge >= 0.3 is 0 Å². The lowest BCUT2D eigenvalue weighted by molar-refractivity contribution is -0.127. The first-order chi connectivity index (χ1) is 9.62. The Hall–Kier alpha value is -1.33. The molecule has 1 aromatic carbocycles. The van der Waals surface area contributed by atoms with Crippen LogP contribution >= 0.6 is 0 Å². The van der Waals surface area contributed by atoms with E-state index in [0.717, 1.165) is 5.69 Å². The highest BCUT2D eigenvalue weighted by Gasteiger charge is 2.42. The maximum Gasteiger partial charge on any atom is 0.268 e. The van der Waals surface area contributed by atoms with Gasteiger partial charge in [-0.2, -0.15) is 0 Å². The predicted octanol–water partition coefficient (Wildman–Crippen LogP) is 3.80. The van der Waals surface area contributed by atoms with E-state index in [2.05, 4.69) is 39.2 Å². The summed E-state index contributed by atoms with van der Waals surface area (Å²) in [6, 6.07) is 7.47. The zero-order chi connectivity index (χ0) is 15.8. The summed E-state index contributed by atoms with van der Waals surface area (Å²) >= 11 is 0. The topological polar surface area (TPSA) is 47.6 Å². The second-order valence-corrected chi connectivity index (χ2v) is 11.9. The standard InChI is InChI=1S/C16H25NO3Si/c1-11(20-21(5,6)16(2,3)4)14-15(18)17-12-9-7-8-10-13(12)19-14/h7-11,14H,1-6H3,(H,17,18). The molecule has 2 unspecified atom stereocenters. The number of hydrogen-bond donors (Lipinski definition) is 1. The first-order valence-electron chi connectivity index (χ1n) is 7.36. The summed E-state index contributed by atoms with van der Waals surface area (Å²) in [6.45, 7) is 12.8. The number of para-hydroxylation sites is 2. The minimum Gasteiger partial charge on any atom is -0.476 e. The van der Waals surface area contributed by atoms with Gasteiger partial charge in [0.25, 0.3) is 5.91 Å². The minimum absolute atomic E-state index is 0.101. The molecule has 1 aliphatic rings. The molecule has 0 fully saturated rings. The van der Waals surface area contributed by atoms with Gasteiger partial charge in [0.15, 0.2) is 8.32 Å². The van der Waals surface area contributed by atoms with Crippen molar-refractivity contribution in [1.82, 2.24) is 0 Å². The van der Waals surface area contributed by atoms with Crippen molar-refractivity contribution in [3.05, 3.63) is 24.3 Å². The van der Waals surface area contributed by atoms with Gasteiger partial charge in [-0.1, -0.05) is 32.9 Å². The summed E-state index contributed by atoms with van der Waals surface area (Å²) in [4.78, 5) is 12.2. The molecule has 0 spiro atoms. The van der Waals surface area contributed by atoms with Gasteiger partial charge in [0.05, 0.1) is 11.8 Å². The Morgan fingerprint density at radius 2 is 1.90 bits per heavy atom. The molecule has 1 N–H and O–H groups in total. The van der Waals surface area contributed by atoms with E-state index in [-0.39, 0.29) is 17.0 Å². The predicted molar refractivity (Wildman–Crippen MR) is 87.2 cm³/mol. The van der Waals surface area contributed by atoms with E-state index in [9.17, 15) is 4.79 Å². The molecule has 116 valence electrons. The Balaban J connectivity index is 2.14. The highest BCUT2D eigenvalue weighted by Crippen LogP contribution is 2.38. The third-order valence-corrected chi connectivity index (χ3v) is 8.94. The van der Waals surface area contributed by atoms with E-state index in [0.29, 0.717) is 5.75 Å². The molecule has 4 nitrogen and oxygen atoms in total. The van der Waals surface area contributed by atoms with E-state index in [1.165, 1.54) is 0 Å². The Morgan fingerprint density at radius 1 is 1.29 bits per heavy atom. The number of ether oxygens (including phenoxy) is 1. The summed E-state index contributed by atoms with van der Waals surface area (Å²) in [5.74, 6) is 0.563. The zero-order valence-corrected chi connectivity index (χ0v) is 14.7. The van der Waals surface area contributed by atoms with Crippen molar-refractivity contribution in [2.75, 3.05) is 5.32 Å². The molecule has 1 aromatic rings. The number of rotatable bonds is 3. The molecule has 1 aliphatic heterocycles. The maximum absolute atomic E-state index is 12.2. The lowest BCUT2D eigenvalue weighted by Crippen LogP contribution is -2.51. The fourth-order valence-electron chi connectivity index (χ4n) is 2.08. The quantitative estimate of drug-likeness (QED) is 0.864. The molecule has 0 saturated heterocycles. The fourth-order valence-corrected chi connectivity index (χ4v) is 3.49. The summed E-state index contributed by atoms with van der Waals surface area (Å²) in [7, 11) is -1.93.